The van der Waals surface area contributed by atoms with Gasteiger partial charge in [-0.3, -0.25) is 0 Å². The molecule has 4 aromatic rings. The lowest BCUT2D eigenvalue weighted by molar-refractivity contribution is -0.659. The molecule has 0 unspecified atom stereocenters. The van der Waals surface area contributed by atoms with Gasteiger partial charge in [-0.1, -0.05) is 30.3 Å². The van der Waals surface area contributed by atoms with Crippen LogP contribution in [-0.4, -0.2) is 0 Å². The Balaban J connectivity index is 2.09. The van der Waals surface area contributed by atoms with Crippen molar-refractivity contribution >= 4 is 21.5 Å². The van der Waals surface area contributed by atoms with Gasteiger partial charge in [0.05, 0.1) is 10.9 Å². The highest BCUT2D eigenvalue weighted by Gasteiger charge is 2.17. The summed E-state index contributed by atoms with van der Waals surface area (Å²) in [5, 5.41) is 4.44. The van der Waals surface area contributed by atoms with Crippen molar-refractivity contribution in [2.45, 2.75) is 6.92 Å². The van der Waals surface area contributed by atoms with Crippen molar-refractivity contribution in [3.05, 3.63) is 78.2 Å². The second kappa shape index (κ2) is 5.17. The molecule has 1 aromatic heterocycles. The van der Waals surface area contributed by atoms with Crippen LogP contribution in [0.4, 0.5) is 4.39 Å². The zero-order valence-electron chi connectivity index (χ0n) is 13.2. The molecule has 0 atom stereocenters. The summed E-state index contributed by atoms with van der Waals surface area (Å²) in [7, 11) is 2.03. The highest BCUT2D eigenvalue weighted by atomic mass is 19.1. The van der Waals surface area contributed by atoms with Crippen LogP contribution in [0.15, 0.2) is 66.9 Å². The van der Waals surface area contributed by atoms with Crippen LogP contribution >= 0.6 is 0 Å². The smallest absolute Gasteiger partial charge is 0.207 e. The molecule has 0 saturated heterocycles. The lowest BCUT2D eigenvalue weighted by Gasteiger charge is -2.10. The normalized spacial score (nSPS) is 11.3. The number of nitrogens with zero attached hydrogens (tertiary/aromatic N) is 1. The van der Waals surface area contributed by atoms with Gasteiger partial charge in [-0.15, -0.1) is 0 Å². The summed E-state index contributed by atoms with van der Waals surface area (Å²) in [5.74, 6) is -0.201. The largest absolute Gasteiger partial charge is 0.220 e. The molecule has 3 aromatic carbocycles. The number of aryl methyl sites for hydroxylation is 2. The predicted octanol–water partition coefficient (Wildman–Crippen LogP) is 4.93. The summed E-state index contributed by atoms with van der Waals surface area (Å²) >= 11 is 0. The Hall–Kier alpha value is -2.74. The van der Waals surface area contributed by atoms with Crippen molar-refractivity contribution < 1.29 is 8.96 Å². The van der Waals surface area contributed by atoms with E-state index in [9.17, 15) is 4.39 Å². The molecule has 0 amide bonds. The molecule has 0 fully saturated rings. The van der Waals surface area contributed by atoms with Crippen molar-refractivity contribution in [2.75, 3.05) is 0 Å². The van der Waals surface area contributed by atoms with Crippen molar-refractivity contribution in [3.8, 4) is 11.3 Å². The Morgan fingerprint density at radius 3 is 2.35 bits per heavy atom. The Labute approximate surface area is 134 Å². The van der Waals surface area contributed by atoms with E-state index in [4.69, 9.17) is 0 Å². The topological polar surface area (TPSA) is 3.88 Å². The SMILES string of the molecule is Cc1cc2ccccc2cc1-c1c2ccc(F)cc2cc[n+]1C. The maximum absolute atomic E-state index is 13.6. The number of halogens is 1. The minimum Gasteiger partial charge on any atom is -0.207 e. The number of rotatable bonds is 1. The third-order valence-corrected chi connectivity index (χ3v) is 4.45. The molecule has 0 N–H and O–H groups in total. The number of benzene rings is 3. The molecule has 0 aliphatic rings. The number of pyridine rings is 1. The van der Waals surface area contributed by atoms with Crippen molar-refractivity contribution in [1.82, 2.24) is 0 Å². The van der Waals surface area contributed by atoms with Gasteiger partial charge in [-0.25, -0.2) is 8.96 Å². The number of fused-ring (bicyclic) bond motifs is 2. The van der Waals surface area contributed by atoms with Crippen LogP contribution in [0.1, 0.15) is 5.56 Å². The molecular weight excluding hydrogens is 285 g/mol. The molecule has 0 aliphatic heterocycles. The maximum atomic E-state index is 13.6. The Morgan fingerprint density at radius 2 is 1.57 bits per heavy atom. The predicted molar refractivity (Wildman–Crippen MR) is 92.8 cm³/mol. The van der Waals surface area contributed by atoms with E-state index in [1.165, 1.54) is 28.0 Å². The van der Waals surface area contributed by atoms with Crippen LogP contribution in [0, 0.1) is 12.7 Å². The van der Waals surface area contributed by atoms with Crippen molar-refractivity contribution in [3.63, 3.8) is 0 Å². The number of hydrogen-bond donors (Lipinski definition) is 0. The second-order valence-electron chi connectivity index (χ2n) is 6.02. The van der Waals surface area contributed by atoms with Gasteiger partial charge >= 0.3 is 0 Å². The molecule has 0 bridgehead atoms. The van der Waals surface area contributed by atoms with Gasteiger partial charge in [-0.2, -0.15) is 0 Å². The van der Waals surface area contributed by atoms with Crippen LogP contribution in [0.25, 0.3) is 32.8 Å². The van der Waals surface area contributed by atoms with E-state index < -0.39 is 0 Å². The van der Waals surface area contributed by atoms with Gasteiger partial charge in [0.1, 0.15) is 12.9 Å². The maximum Gasteiger partial charge on any atom is 0.220 e. The van der Waals surface area contributed by atoms with E-state index in [1.807, 2.05) is 25.4 Å². The average molecular weight is 302 g/mol. The first-order valence-corrected chi connectivity index (χ1v) is 7.71. The van der Waals surface area contributed by atoms with E-state index >= 15 is 0 Å². The zero-order valence-corrected chi connectivity index (χ0v) is 13.2. The summed E-state index contributed by atoms with van der Waals surface area (Å²) in [4.78, 5) is 0. The van der Waals surface area contributed by atoms with E-state index in [-0.39, 0.29) is 5.82 Å². The first kappa shape index (κ1) is 13.9. The van der Waals surface area contributed by atoms with E-state index in [0.717, 1.165) is 16.5 Å². The molecule has 0 spiro atoms. The fourth-order valence-corrected chi connectivity index (χ4v) is 3.29. The van der Waals surface area contributed by atoms with Gasteiger partial charge in [0, 0.05) is 6.07 Å². The summed E-state index contributed by atoms with van der Waals surface area (Å²) in [6, 6.07) is 19.8. The van der Waals surface area contributed by atoms with Crippen LogP contribution in [0.2, 0.25) is 0 Å². The Kier molecular flexibility index (Phi) is 3.12. The summed E-state index contributed by atoms with van der Waals surface area (Å²) in [5.41, 5.74) is 3.52. The third-order valence-electron chi connectivity index (χ3n) is 4.45. The van der Waals surface area contributed by atoms with E-state index in [1.54, 1.807) is 6.07 Å². The van der Waals surface area contributed by atoms with Crippen LogP contribution in [0.5, 0.6) is 0 Å². The Bertz CT molecular complexity index is 1050. The highest BCUT2D eigenvalue weighted by molar-refractivity contribution is 5.96. The average Bonchev–Trinajstić information content (AvgIpc) is 2.55. The lowest BCUT2D eigenvalue weighted by Crippen LogP contribution is -2.30. The van der Waals surface area contributed by atoms with E-state index in [0.29, 0.717) is 0 Å². The van der Waals surface area contributed by atoms with Gasteiger partial charge < -0.3 is 0 Å². The molecule has 0 radical (unpaired) electrons. The molecular formula is C21H17FN+. The molecule has 23 heavy (non-hydrogen) atoms. The lowest BCUT2D eigenvalue weighted by atomic mass is 9.96. The molecule has 0 aliphatic carbocycles. The standard InChI is InChI=1S/C21H17FN/c1-14-11-15-5-3-4-6-16(15)13-20(14)21-19-8-7-18(22)12-17(19)9-10-23(21)2/h3-13H,1-2H3/q+1. The van der Waals surface area contributed by atoms with Crippen molar-refractivity contribution in [2.24, 2.45) is 7.05 Å². The van der Waals surface area contributed by atoms with Gasteiger partial charge in [0.25, 0.3) is 0 Å². The summed E-state index contributed by atoms with van der Waals surface area (Å²) in [6.45, 7) is 2.13. The van der Waals surface area contributed by atoms with Crippen molar-refractivity contribution in [1.29, 1.82) is 0 Å². The molecule has 0 saturated carbocycles. The molecule has 2 heteroatoms. The number of aromatic nitrogens is 1. The van der Waals surface area contributed by atoms with Crippen LogP contribution < -0.4 is 4.57 Å². The van der Waals surface area contributed by atoms with Gasteiger partial charge in [0.2, 0.25) is 5.69 Å². The van der Waals surface area contributed by atoms with Gasteiger partial charge in [-0.05, 0) is 52.9 Å². The summed E-state index contributed by atoms with van der Waals surface area (Å²) < 4.78 is 15.7. The third kappa shape index (κ3) is 2.27. The number of hydrogen-bond acceptors (Lipinski definition) is 0. The fourth-order valence-electron chi connectivity index (χ4n) is 3.29. The second-order valence-corrected chi connectivity index (χ2v) is 6.02. The van der Waals surface area contributed by atoms with E-state index in [2.05, 4.69) is 47.9 Å². The molecule has 112 valence electrons. The highest BCUT2D eigenvalue weighted by Crippen LogP contribution is 2.31. The first-order chi connectivity index (χ1) is 11.1. The van der Waals surface area contributed by atoms with Crippen LogP contribution in [-0.2, 0) is 7.05 Å². The zero-order chi connectivity index (χ0) is 16.0. The quantitative estimate of drug-likeness (QED) is 0.439. The first-order valence-electron chi connectivity index (χ1n) is 7.71. The van der Waals surface area contributed by atoms with Gasteiger partial charge in [0.15, 0.2) is 6.20 Å². The minimum atomic E-state index is -0.201. The Morgan fingerprint density at radius 1 is 0.826 bits per heavy atom. The molecule has 1 heterocycles. The minimum absolute atomic E-state index is 0.201. The molecule has 1 nitrogen and oxygen atoms in total. The monoisotopic (exact) mass is 302 g/mol. The van der Waals surface area contributed by atoms with Crippen LogP contribution in [0.3, 0.4) is 0 Å². The fraction of sp³-hybridized carbons (Fsp3) is 0.0952. The molecule has 4 rings (SSSR count). The summed E-state index contributed by atoms with van der Waals surface area (Å²) in [6.07, 6.45) is 1.99.